The molecule has 0 aliphatic carbocycles. The first kappa shape index (κ1) is 11.2. The topological polar surface area (TPSA) is 37.4 Å². The van der Waals surface area contributed by atoms with Crippen molar-refractivity contribution in [3.63, 3.8) is 0 Å². The summed E-state index contributed by atoms with van der Waals surface area (Å²) in [6.45, 7) is 5.92. The number of carbonyl (C=O) groups is 2. The first-order chi connectivity index (χ1) is 6.61. The normalized spacial score (nSPS) is 20.2. The molecule has 1 aliphatic heterocycles. The molecule has 0 bridgehead atoms. The Bertz CT molecular complexity index is 244. The van der Waals surface area contributed by atoms with Crippen LogP contribution in [0.5, 0.6) is 0 Å². The second kappa shape index (κ2) is 4.11. The van der Waals surface area contributed by atoms with Crippen molar-refractivity contribution >= 4 is 11.8 Å². The third-order valence-electron chi connectivity index (χ3n) is 3.40. The van der Waals surface area contributed by atoms with Crippen LogP contribution in [-0.2, 0) is 9.59 Å². The summed E-state index contributed by atoms with van der Waals surface area (Å²) < 4.78 is 0. The van der Waals surface area contributed by atoms with E-state index in [-0.39, 0.29) is 17.4 Å². The van der Waals surface area contributed by atoms with Crippen LogP contribution in [-0.4, -0.2) is 22.3 Å². The lowest BCUT2D eigenvalue weighted by Gasteiger charge is -2.35. The second-order valence-corrected chi connectivity index (χ2v) is 3.91. The Morgan fingerprint density at radius 3 is 2.36 bits per heavy atom. The molecule has 1 aliphatic rings. The van der Waals surface area contributed by atoms with Crippen molar-refractivity contribution in [2.75, 3.05) is 0 Å². The molecule has 0 aromatic carbocycles. The van der Waals surface area contributed by atoms with Crippen molar-refractivity contribution in [3.05, 3.63) is 0 Å². The van der Waals surface area contributed by atoms with Gasteiger partial charge in [-0.2, -0.15) is 0 Å². The molecule has 3 nitrogen and oxygen atoms in total. The maximum absolute atomic E-state index is 11.7. The van der Waals surface area contributed by atoms with Gasteiger partial charge in [0.05, 0.1) is 5.54 Å². The maximum atomic E-state index is 11.7. The Balaban J connectivity index is 2.96. The van der Waals surface area contributed by atoms with Crippen molar-refractivity contribution in [1.82, 2.24) is 4.90 Å². The minimum atomic E-state index is -0.176. The van der Waals surface area contributed by atoms with E-state index in [0.29, 0.717) is 12.8 Å². The molecule has 80 valence electrons. The Kier molecular flexibility index (Phi) is 3.29. The van der Waals surface area contributed by atoms with E-state index in [1.54, 1.807) is 0 Å². The van der Waals surface area contributed by atoms with Gasteiger partial charge in [-0.05, 0) is 19.3 Å². The highest BCUT2D eigenvalue weighted by Gasteiger charge is 2.45. The summed E-state index contributed by atoms with van der Waals surface area (Å²) >= 11 is 0. The number of hydrogen-bond donors (Lipinski definition) is 0. The zero-order valence-corrected chi connectivity index (χ0v) is 9.30. The van der Waals surface area contributed by atoms with Crippen LogP contribution in [0.2, 0.25) is 0 Å². The van der Waals surface area contributed by atoms with E-state index >= 15 is 0 Å². The van der Waals surface area contributed by atoms with Crippen LogP contribution >= 0.6 is 0 Å². The minimum Gasteiger partial charge on any atom is -0.276 e. The van der Waals surface area contributed by atoms with Crippen LogP contribution in [0.25, 0.3) is 0 Å². The third-order valence-corrected chi connectivity index (χ3v) is 3.40. The highest BCUT2D eigenvalue weighted by atomic mass is 16.2. The lowest BCUT2D eigenvalue weighted by Crippen LogP contribution is -2.48. The largest absolute Gasteiger partial charge is 0.276 e. The average Bonchev–Trinajstić information content (AvgIpc) is 2.55. The Morgan fingerprint density at radius 2 is 1.93 bits per heavy atom. The maximum Gasteiger partial charge on any atom is 0.229 e. The van der Waals surface area contributed by atoms with Gasteiger partial charge < -0.3 is 0 Å². The fraction of sp³-hybridized carbons (Fsp3) is 0.818. The lowest BCUT2D eigenvalue weighted by atomic mass is 9.90. The quantitative estimate of drug-likeness (QED) is 0.694. The van der Waals surface area contributed by atoms with Crippen LogP contribution in [0.4, 0.5) is 0 Å². The third kappa shape index (κ3) is 1.56. The first-order valence-electron chi connectivity index (χ1n) is 5.47. The number of imide groups is 1. The number of hydrogen-bond acceptors (Lipinski definition) is 2. The summed E-state index contributed by atoms with van der Waals surface area (Å²) in [5.41, 5.74) is -0.176. The van der Waals surface area contributed by atoms with Crippen LogP contribution in [0, 0.1) is 0 Å². The van der Waals surface area contributed by atoms with Crippen LogP contribution in [0.3, 0.4) is 0 Å². The van der Waals surface area contributed by atoms with Gasteiger partial charge in [0.25, 0.3) is 0 Å². The van der Waals surface area contributed by atoms with Gasteiger partial charge in [0.1, 0.15) is 0 Å². The van der Waals surface area contributed by atoms with Gasteiger partial charge in [0.2, 0.25) is 11.8 Å². The summed E-state index contributed by atoms with van der Waals surface area (Å²) in [6, 6.07) is 0. The van der Waals surface area contributed by atoms with Gasteiger partial charge in [0, 0.05) is 12.8 Å². The van der Waals surface area contributed by atoms with Crippen LogP contribution in [0.15, 0.2) is 0 Å². The summed E-state index contributed by atoms with van der Waals surface area (Å²) in [5, 5.41) is 0. The SMILES string of the molecule is CCC(=O)N1C(=O)CCC1(CC)CC. The van der Waals surface area contributed by atoms with E-state index in [9.17, 15) is 9.59 Å². The highest BCUT2D eigenvalue weighted by Crippen LogP contribution is 2.36. The molecule has 0 unspecified atom stereocenters. The fourth-order valence-corrected chi connectivity index (χ4v) is 2.31. The van der Waals surface area contributed by atoms with E-state index in [4.69, 9.17) is 0 Å². The Hall–Kier alpha value is -0.860. The summed E-state index contributed by atoms with van der Waals surface area (Å²) in [7, 11) is 0. The molecule has 1 heterocycles. The number of likely N-dealkylation sites (tertiary alicyclic amines) is 1. The van der Waals surface area contributed by atoms with Gasteiger partial charge in [-0.3, -0.25) is 14.5 Å². The molecule has 14 heavy (non-hydrogen) atoms. The molecule has 3 heteroatoms. The molecule has 0 aromatic rings. The van der Waals surface area contributed by atoms with Gasteiger partial charge >= 0.3 is 0 Å². The molecule has 0 spiro atoms. The lowest BCUT2D eigenvalue weighted by molar-refractivity contribution is -0.147. The van der Waals surface area contributed by atoms with Crippen molar-refractivity contribution in [1.29, 1.82) is 0 Å². The minimum absolute atomic E-state index is 0.0144. The van der Waals surface area contributed by atoms with Gasteiger partial charge in [-0.25, -0.2) is 0 Å². The second-order valence-electron chi connectivity index (χ2n) is 3.91. The number of carbonyl (C=O) groups excluding carboxylic acids is 2. The molecule has 1 rings (SSSR count). The van der Waals surface area contributed by atoms with E-state index in [1.165, 1.54) is 4.90 Å². The van der Waals surface area contributed by atoms with E-state index < -0.39 is 0 Å². The summed E-state index contributed by atoms with van der Waals surface area (Å²) in [5.74, 6) is -0.00301. The molecule has 0 aromatic heterocycles. The molecule has 1 saturated heterocycles. The van der Waals surface area contributed by atoms with E-state index in [0.717, 1.165) is 19.3 Å². The highest BCUT2D eigenvalue weighted by molar-refractivity contribution is 5.97. The molecule has 0 atom stereocenters. The molecule has 2 amide bonds. The van der Waals surface area contributed by atoms with Gasteiger partial charge in [-0.1, -0.05) is 20.8 Å². The Labute approximate surface area is 85.5 Å². The molecule has 0 radical (unpaired) electrons. The molecule has 0 N–H and O–H groups in total. The fourth-order valence-electron chi connectivity index (χ4n) is 2.31. The first-order valence-corrected chi connectivity index (χ1v) is 5.47. The van der Waals surface area contributed by atoms with Crippen LogP contribution < -0.4 is 0 Å². The van der Waals surface area contributed by atoms with Crippen molar-refractivity contribution in [3.8, 4) is 0 Å². The van der Waals surface area contributed by atoms with Gasteiger partial charge in [0.15, 0.2) is 0 Å². The number of rotatable bonds is 3. The van der Waals surface area contributed by atoms with E-state index in [1.807, 2.05) is 6.92 Å². The predicted octanol–water partition coefficient (Wildman–Crippen LogP) is 2.10. The predicted molar refractivity (Wildman–Crippen MR) is 54.7 cm³/mol. The zero-order chi connectivity index (χ0) is 10.8. The monoisotopic (exact) mass is 197 g/mol. The van der Waals surface area contributed by atoms with E-state index in [2.05, 4.69) is 13.8 Å². The summed E-state index contributed by atoms with van der Waals surface area (Å²) in [4.78, 5) is 24.8. The summed E-state index contributed by atoms with van der Waals surface area (Å²) in [6.07, 6.45) is 3.55. The standard InChI is InChI=1S/C11H19NO2/c1-4-9(13)12-10(14)7-8-11(12,5-2)6-3/h4-8H2,1-3H3. The smallest absolute Gasteiger partial charge is 0.229 e. The van der Waals surface area contributed by atoms with Gasteiger partial charge in [-0.15, -0.1) is 0 Å². The molecule has 1 fully saturated rings. The molecule has 0 saturated carbocycles. The zero-order valence-electron chi connectivity index (χ0n) is 9.30. The molecular weight excluding hydrogens is 178 g/mol. The number of nitrogens with zero attached hydrogens (tertiary/aromatic N) is 1. The van der Waals surface area contributed by atoms with Crippen molar-refractivity contribution in [2.24, 2.45) is 0 Å². The van der Waals surface area contributed by atoms with Crippen molar-refractivity contribution < 1.29 is 9.59 Å². The number of amides is 2. The van der Waals surface area contributed by atoms with Crippen molar-refractivity contribution in [2.45, 2.75) is 58.4 Å². The van der Waals surface area contributed by atoms with Crippen LogP contribution in [0.1, 0.15) is 52.9 Å². The Morgan fingerprint density at radius 1 is 1.36 bits per heavy atom. The average molecular weight is 197 g/mol. The molecular formula is C11H19NO2.